The second kappa shape index (κ2) is 55.8. The lowest BCUT2D eigenvalue weighted by atomic mass is 10.1. The third-order valence-corrected chi connectivity index (χ3v) is 24.2. The number of alkyl halides is 2. The topological polar surface area (TPSA) is 188 Å². The number of nitrogen functional groups attached to an aromatic ring is 1. The smallest absolute Gasteiger partial charge is 0.294 e. The van der Waals surface area contributed by atoms with Gasteiger partial charge in [-0.15, -0.1) is 54.7 Å². The summed E-state index contributed by atoms with van der Waals surface area (Å²) in [5.74, 6) is -2.32. The molecule has 0 saturated carbocycles. The molecule has 0 unspecified atom stereocenters. The van der Waals surface area contributed by atoms with Crippen LogP contribution in [0.1, 0.15) is 0 Å². The van der Waals surface area contributed by atoms with E-state index in [1.54, 1.807) is 158 Å². The Hall–Kier alpha value is -12.1. The summed E-state index contributed by atoms with van der Waals surface area (Å²) in [5.41, 5.74) is 8.78. The van der Waals surface area contributed by atoms with Crippen molar-refractivity contribution in [1.82, 2.24) is 0 Å². The fourth-order valence-electron chi connectivity index (χ4n) is 14.5. The molecule has 2 aliphatic rings. The summed E-state index contributed by atoms with van der Waals surface area (Å²) in [6.45, 7) is 0. The van der Waals surface area contributed by atoms with Gasteiger partial charge in [-0.3, -0.25) is 24.5 Å². The van der Waals surface area contributed by atoms with Gasteiger partial charge in [0.1, 0.15) is 97.5 Å². The molecular formula is C108H79BBr8Cl2F10IN6O11. The molecule has 2 aliphatic heterocycles. The van der Waals surface area contributed by atoms with E-state index in [0.29, 0.717) is 59.2 Å². The molecule has 1 radical (unpaired) electrons. The lowest BCUT2D eigenvalue weighted by molar-refractivity contribution is 0.412. The number of anilines is 16. The van der Waals surface area contributed by atoms with Gasteiger partial charge in [0.05, 0.1) is 101 Å². The van der Waals surface area contributed by atoms with Gasteiger partial charge in [0.15, 0.2) is 69.5 Å². The van der Waals surface area contributed by atoms with E-state index in [9.17, 15) is 64.3 Å². The van der Waals surface area contributed by atoms with Crippen molar-refractivity contribution in [3.8, 4) is 74.7 Å². The zero-order valence-corrected chi connectivity index (χ0v) is 93.4. The molecule has 19 rings (SSSR count). The third kappa shape index (κ3) is 29.1. The van der Waals surface area contributed by atoms with Gasteiger partial charge in [0.25, 0.3) is 4.93 Å². The number of para-hydroxylation sites is 21. The molecule has 0 aromatic heterocycles. The molecular weight excluding hydrogens is 2600 g/mol. The molecule has 2 heterocycles. The van der Waals surface area contributed by atoms with Crippen LogP contribution in [0.25, 0.3) is 0 Å². The Labute approximate surface area is 931 Å². The van der Waals surface area contributed by atoms with E-state index in [4.69, 9.17) is 62.1 Å². The highest BCUT2D eigenvalue weighted by Crippen LogP contribution is 2.61. The van der Waals surface area contributed by atoms with Crippen molar-refractivity contribution in [3.05, 3.63) is 428 Å². The summed E-state index contributed by atoms with van der Waals surface area (Å²) in [6, 6.07) is 92.0. The maximum atomic E-state index is 14.8. The predicted octanol–water partition coefficient (Wildman–Crippen LogP) is 37.1. The van der Waals surface area contributed by atoms with Gasteiger partial charge in [0.2, 0.25) is 0 Å². The highest BCUT2D eigenvalue weighted by Gasteiger charge is 2.36. The quantitative estimate of drug-likeness (QED) is 0.0190. The Bertz CT molecular complexity index is 6760. The molecule has 17 aromatic rings. The monoisotopic (exact) mass is 2660 g/mol. The lowest BCUT2D eigenvalue weighted by Gasteiger charge is -2.37. The number of methoxy groups -OCH3 is 5. The first-order valence-corrected chi connectivity index (χ1v) is 51.4. The maximum Gasteiger partial charge on any atom is 0.294 e. The van der Waals surface area contributed by atoms with Gasteiger partial charge in [-0.2, -0.15) is 0 Å². The largest absolute Gasteiger partial charge is 0.506 e. The standard InChI is InChI=1S/2C20H16BrF2NO2.2C18H12BrF2NO2.C18H10BrNO2.C7H7IO.C6H4BrF2N.CH2Cl2.BBr2/c2*1-25-18-9-5-3-7-16(18)24(17-8-4-6-10-19(17)26-2)20-14(22)11-13(21)12-15(20)23;2*19-11-9-12(20)18(13(21)10-11)22(14-5-1-3-7-16(14)23)15-6-2-4-8-17(15)24;19-11-9-16-18-17(10-11)22-15-8-4-2-6-13(15)20(18)12-5-1-3-7-14(12)21-16;1-9-7-5-3-2-4-6(7)8;7-3-1-4(8)6(10)5(9)2-3;2*2-1-3/h2*3-12H,1-2H3;2*1-10,23-24H;1-10H;2-5H,1H3;1-2H,10H2;1H2;. The molecule has 17 aromatic carbocycles. The minimum Gasteiger partial charge on any atom is -0.506 e. The summed E-state index contributed by atoms with van der Waals surface area (Å²) in [5, 5.41) is 40.8. The second-order valence-electron chi connectivity index (χ2n) is 29.7. The number of ether oxygens (including phenoxy) is 7. The normalized spacial score (nSPS) is 10.6. The van der Waals surface area contributed by atoms with Crippen molar-refractivity contribution < 1.29 is 97.5 Å². The molecule has 757 valence electrons. The lowest BCUT2D eigenvalue weighted by Crippen LogP contribution is -2.20. The summed E-state index contributed by atoms with van der Waals surface area (Å²) in [4.78, 5) is 9.02. The van der Waals surface area contributed by atoms with Crippen LogP contribution in [-0.4, -0.2) is 66.2 Å². The van der Waals surface area contributed by atoms with Crippen LogP contribution in [0.3, 0.4) is 0 Å². The van der Waals surface area contributed by atoms with E-state index < -0.39 is 75.2 Å². The van der Waals surface area contributed by atoms with Crippen LogP contribution in [0, 0.1) is 61.7 Å². The Kier molecular flexibility index (Phi) is 43.7. The van der Waals surface area contributed by atoms with E-state index in [2.05, 4.69) is 167 Å². The van der Waals surface area contributed by atoms with Crippen molar-refractivity contribution in [1.29, 1.82) is 0 Å². The van der Waals surface area contributed by atoms with Gasteiger partial charge in [-0.05, 0) is 229 Å². The molecule has 0 atom stereocenters. The average Bonchev–Trinajstić information content (AvgIpc) is 0.721. The Balaban J connectivity index is 0.000000165. The van der Waals surface area contributed by atoms with Crippen LogP contribution in [0.15, 0.2) is 367 Å². The van der Waals surface area contributed by atoms with Crippen molar-refractivity contribution in [2.45, 2.75) is 0 Å². The molecule has 17 nitrogen and oxygen atoms in total. The number of phenolic OH excluding ortho intramolecular Hbond substituents is 4. The number of nitrogens with zero attached hydrogens (tertiary/aromatic N) is 5. The molecule has 0 bridgehead atoms. The maximum absolute atomic E-state index is 14.8. The van der Waals surface area contributed by atoms with Crippen LogP contribution in [0.5, 0.6) is 74.7 Å². The Morgan fingerprint density at radius 1 is 0.293 bits per heavy atom. The SMILES string of the molecule is Br[B]Br.Brc1cc2c3c(c1)Oc1ccccc1N3c1ccccc1O2.COc1ccccc1I.COc1ccccc1N(c1ccccc1OC)c1c(F)cc(Br)cc1F.COc1ccccc1N(c1ccccc1OC)c1c(F)cc(Br)cc1F.ClCCl.Nc1c(F)cc(Br)cc1F.Oc1ccccc1N(c1ccccc1O)c1c(F)cc(Br)cc1F.Oc1ccccc1N(c1ccccc1O)c1c(F)cc(Br)cc1F. The second-order valence-corrected chi connectivity index (χ2v) is 39.3. The van der Waals surface area contributed by atoms with Crippen molar-refractivity contribution in [2.24, 2.45) is 0 Å². The van der Waals surface area contributed by atoms with Crippen molar-refractivity contribution >= 4 is 269 Å². The number of hydrogen-bond acceptors (Lipinski definition) is 17. The zero-order chi connectivity index (χ0) is 106. The van der Waals surface area contributed by atoms with E-state index >= 15 is 0 Å². The number of halogens is 21. The number of aromatic hydroxyl groups is 4. The van der Waals surface area contributed by atoms with Gasteiger partial charge >= 0.3 is 0 Å². The van der Waals surface area contributed by atoms with Gasteiger partial charge < -0.3 is 59.3 Å². The summed E-state index contributed by atoms with van der Waals surface area (Å²) >= 11 is 36.4. The van der Waals surface area contributed by atoms with Gasteiger partial charge in [-0.1, -0.05) is 229 Å². The first-order valence-electron chi connectivity index (χ1n) is 42.6. The number of nitrogens with two attached hydrogens (primary N) is 1. The first kappa shape index (κ1) is 115. The fourth-order valence-corrected chi connectivity index (χ4v) is 17.5. The van der Waals surface area contributed by atoms with Crippen LogP contribution in [0.4, 0.5) is 135 Å². The highest BCUT2D eigenvalue weighted by atomic mass is 127. The summed E-state index contributed by atoms with van der Waals surface area (Å²) in [6.07, 6.45) is 0. The molecule has 0 amide bonds. The third-order valence-electron chi connectivity index (χ3n) is 20.6. The van der Waals surface area contributed by atoms with Gasteiger partial charge in [-0.25, -0.2) is 43.9 Å². The Morgan fingerprint density at radius 2 is 0.483 bits per heavy atom. The highest BCUT2D eigenvalue weighted by molar-refractivity contribution is 14.1. The first-order chi connectivity index (χ1) is 70.7. The van der Waals surface area contributed by atoms with Gasteiger partial charge in [0, 0.05) is 26.8 Å². The number of fused-ring (bicyclic) bond motifs is 4. The number of hydrogen-bond donors (Lipinski definition) is 5. The molecule has 0 fully saturated rings. The number of rotatable bonds is 17. The number of phenols is 4. The number of benzene rings is 17. The van der Waals surface area contributed by atoms with Crippen molar-refractivity contribution in [3.63, 3.8) is 0 Å². The summed E-state index contributed by atoms with van der Waals surface area (Å²) < 4.78 is 185. The van der Waals surface area contributed by atoms with Crippen LogP contribution in [-0.2, 0) is 0 Å². The minimum atomic E-state index is -0.839. The molecule has 6 N–H and O–H groups in total. The van der Waals surface area contributed by atoms with Crippen LogP contribution < -0.4 is 63.4 Å². The van der Waals surface area contributed by atoms with Crippen LogP contribution >= 0.6 is 173 Å². The predicted molar refractivity (Wildman–Crippen MR) is 601 cm³/mol. The van der Waals surface area contributed by atoms with E-state index in [-0.39, 0.29) is 71.4 Å². The molecule has 147 heavy (non-hydrogen) atoms. The van der Waals surface area contributed by atoms with E-state index in [0.717, 1.165) is 100 Å². The zero-order valence-electron chi connectivity index (χ0n) is 77.0. The Morgan fingerprint density at radius 3 is 0.714 bits per heavy atom. The molecule has 0 spiro atoms. The fraction of sp³-hybridized carbons (Fsp3) is 0.0556. The van der Waals surface area contributed by atoms with Crippen molar-refractivity contribution in [2.75, 3.05) is 71.1 Å². The average molecular weight is 2670 g/mol. The summed E-state index contributed by atoms with van der Waals surface area (Å²) in [7, 11) is 7.71. The molecule has 0 aliphatic carbocycles. The molecule has 39 heteroatoms. The molecule has 0 saturated heterocycles. The van der Waals surface area contributed by atoms with E-state index in [1.165, 1.54) is 111 Å². The van der Waals surface area contributed by atoms with Crippen LogP contribution in [0.2, 0.25) is 0 Å². The van der Waals surface area contributed by atoms with E-state index in [1.807, 2.05) is 72.8 Å². The minimum absolute atomic E-state index is 0.138.